The SMILES string of the molecule is Cc1[nH]c(C(=O)O)c(C)c1C(=O)NCC(C)C(C)(C)C. The van der Waals surface area contributed by atoms with E-state index in [-0.39, 0.29) is 17.0 Å². The molecular formula is C15H24N2O3. The van der Waals surface area contributed by atoms with Crippen molar-refractivity contribution in [2.45, 2.75) is 41.5 Å². The summed E-state index contributed by atoms with van der Waals surface area (Å²) in [4.78, 5) is 26.0. The molecule has 0 fully saturated rings. The first-order valence-corrected chi connectivity index (χ1v) is 6.76. The summed E-state index contributed by atoms with van der Waals surface area (Å²) < 4.78 is 0. The highest BCUT2D eigenvalue weighted by molar-refractivity contribution is 6.00. The van der Waals surface area contributed by atoms with Crippen LogP contribution in [0.3, 0.4) is 0 Å². The van der Waals surface area contributed by atoms with Crippen LogP contribution in [0.1, 0.15) is 59.8 Å². The zero-order valence-electron chi connectivity index (χ0n) is 13.0. The fourth-order valence-electron chi connectivity index (χ4n) is 1.94. The summed E-state index contributed by atoms with van der Waals surface area (Å²) in [5.41, 5.74) is 1.69. The van der Waals surface area contributed by atoms with E-state index in [1.807, 2.05) is 0 Å². The van der Waals surface area contributed by atoms with E-state index in [9.17, 15) is 9.59 Å². The van der Waals surface area contributed by atoms with Crippen LogP contribution in [-0.2, 0) is 0 Å². The van der Waals surface area contributed by atoms with Gasteiger partial charge in [0.15, 0.2) is 0 Å². The number of rotatable bonds is 4. The highest BCUT2D eigenvalue weighted by Crippen LogP contribution is 2.25. The molecule has 1 aromatic heterocycles. The second-order valence-electron chi connectivity index (χ2n) is 6.41. The van der Waals surface area contributed by atoms with Gasteiger partial charge in [-0.05, 0) is 30.7 Å². The maximum atomic E-state index is 12.2. The number of carboxylic acid groups (broad SMARTS) is 1. The van der Waals surface area contributed by atoms with Crippen LogP contribution in [0.2, 0.25) is 0 Å². The Bertz CT molecular complexity index is 524. The van der Waals surface area contributed by atoms with E-state index in [0.717, 1.165) is 0 Å². The van der Waals surface area contributed by atoms with Crippen molar-refractivity contribution in [3.63, 3.8) is 0 Å². The molecular weight excluding hydrogens is 256 g/mol. The van der Waals surface area contributed by atoms with Gasteiger partial charge in [-0.25, -0.2) is 4.79 Å². The number of amides is 1. The molecule has 0 radical (unpaired) electrons. The van der Waals surface area contributed by atoms with Gasteiger partial charge in [0.1, 0.15) is 5.69 Å². The number of carbonyl (C=O) groups excluding carboxylic acids is 1. The summed E-state index contributed by atoms with van der Waals surface area (Å²) in [6.07, 6.45) is 0. The van der Waals surface area contributed by atoms with Crippen molar-refractivity contribution in [2.75, 3.05) is 6.54 Å². The lowest BCUT2D eigenvalue weighted by Crippen LogP contribution is -2.34. The second-order valence-corrected chi connectivity index (χ2v) is 6.41. The van der Waals surface area contributed by atoms with Crippen molar-refractivity contribution >= 4 is 11.9 Å². The number of aryl methyl sites for hydroxylation is 1. The van der Waals surface area contributed by atoms with Gasteiger partial charge in [-0.2, -0.15) is 0 Å². The summed E-state index contributed by atoms with van der Waals surface area (Å²) in [7, 11) is 0. The number of aromatic amines is 1. The standard InChI is InChI=1S/C15H24N2O3/c1-8(15(4,5)6)7-16-13(18)11-9(2)12(14(19)20)17-10(11)3/h8,17H,7H2,1-6H3,(H,16,18)(H,19,20). The average Bonchev–Trinajstić information content (AvgIpc) is 2.60. The Labute approximate surface area is 119 Å². The predicted octanol–water partition coefficient (Wildman–Crippen LogP) is 2.74. The van der Waals surface area contributed by atoms with E-state index in [1.165, 1.54) is 0 Å². The molecule has 0 aromatic carbocycles. The monoisotopic (exact) mass is 280 g/mol. The zero-order chi connectivity index (χ0) is 15.7. The molecule has 1 unspecified atom stereocenters. The van der Waals surface area contributed by atoms with Crippen LogP contribution in [0.5, 0.6) is 0 Å². The van der Waals surface area contributed by atoms with E-state index in [4.69, 9.17) is 5.11 Å². The third-order valence-electron chi connectivity index (χ3n) is 3.93. The van der Waals surface area contributed by atoms with Crippen molar-refractivity contribution in [1.82, 2.24) is 10.3 Å². The van der Waals surface area contributed by atoms with Crippen molar-refractivity contribution < 1.29 is 14.7 Å². The molecule has 112 valence electrons. The fourth-order valence-corrected chi connectivity index (χ4v) is 1.94. The van der Waals surface area contributed by atoms with Gasteiger partial charge < -0.3 is 15.4 Å². The number of hydrogen-bond donors (Lipinski definition) is 3. The molecule has 3 N–H and O–H groups in total. The van der Waals surface area contributed by atoms with Crippen molar-refractivity contribution in [1.29, 1.82) is 0 Å². The molecule has 1 heterocycles. The lowest BCUT2D eigenvalue weighted by atomic mass is 9.82. The van der Waals surface area contributed by atoms with Crippen LogP contribution in [0.4, 0.5) is 0 Å². The molecule has 5 nitrogen and oxygen atoms in total. The summed E-state index contributed by atoms with van der Waals surface area (Å²) in [6, 6.07) is 0. The first-order chi connectivity index (χ1) is 9.05. The Morgan fingerprint density at radius 3 is 2.25 bits per heavy atom. The molecule has 0 aliphatic carbocycles. The van der Waals surface area contributed by atoms with Crippen LogP contribution in [0.15, 0.2) is 0 Å². The lowest BCUT2D eigenvalue weighted by Gasteiger charge is -2.27. The molecule has 1 amide bonds. The zero-order valence-corrected chi connectivity index (χ0v) is 13.0. The normalized spacial score (nSPS) is 13.1. The smallest absolute Gasteiger partial charge is 0.352 e. The Morgan fingerprint density at radius 2 is 1.85 bits per heavy atom. The number of nitrogens with one attached hydrogen (secondary N) is 2. The van der Waals surface area contributed by atoms with Gasteiger partial charge in [-0.15, -0.1) is 0 Å². The van der Waals surface area contributed by atoms with Gasteiger partial charge in [-0.3, -0.25) is 4.79 Å². The van der Waals surface area contributed by atoms with Gasteiger partial charge in [0.25, 0.3) is 5.91 Å². The van der Waals surface area contributed by atoms with Crippen molar-refractivity contribution in [2.24, 2.45) is 11.3 Å². The quantitative estimate of drug-likeness (QED) is 0.793. The molecule has 0 saturated heterocycles. The van der Waals surface area contributed by atoms with E-state index in [0.29, 0.717) is 29.3 Å². The summed E-state index contributed by atoms with van der Waals surface area (Å²) in [5.74, 6) is -0.947. The highest BCUT2D eigenvalue weighted by atomic mass is 16.4. The van der Waals surface area contributed by atoms with Crippen LogP contribution in [-0.4, -0.2) is 28.5 Å². The molecule has 20 heavy (non-hydrogen) atoms. The van der Waals surface area contributed by atoms with E-state index >= 15 is 0 Å². The fraction of sp³-hybridized carbons (Fsp3) is 0.600. The third kappa shape index (κ3) is 3.40. The minimum atomic E-state index is -1.05. The van der Waals surface area contributed by atoms with Gasteiger partial charge in [0.05, 0.1) is 5.56 Å². The maximum Gasteiger partial charge on any atom is 0.352 e. The minimum absolute atomic E-state index is 0.0801. The molecule has 0 aliphatic rings. The molecule has 1 rings (SSSR count). The van der Waals surface area contributed by atoms with E-state index in [2.05, 4.69) is 38.0 Å². The third-order valence-corrected chi connectivity index (χ3v) is 3.93. The largest absolute Gasteiger partial charge is 0.477 e. The molecule has 0 bridgehead atoms. The number of carboxylic acids is 1. The topological polar surface area (TPSA) is 82.2 Å². The lowest BCUT2D eigenvalue weighted by molar-refractivity contribution is 0.0690. The molecule has 0 spiro atoms. The second kappa shape index (κ2) is 5.69. The molecule has 0 aliphatic heterocycles. The number of hydrogen-bond acceptors (Lipinski definition) is 2. The molecule has 1 atom stereocenters. The molecule has 1 aromatic rings. The first-order valence-electron chi connectivity index (χ1n) is 6.76. The van der Waals surface area contributed by atoms with Crippen LogP contribution in [0.25, 0.3) is 0 Å². The minimum Gasteiger partial charge on any atom is -0.477 e. The number of carbonyl (C=O) groups is 2. The van der Waals surface area contributed by atoms with Gasteiger partial charge in [0.2, 0.25) is 0 Å². The summed E-state index contributed by atoms with van der Waals surface area (Å²) >= 11 is 0. The number of aromatic carboxylic acids is 1. The maximum absolute atomic E-state index is 12.2. The number of H-pyrrole nitrogens is 1. The molecule has 5 heteroatoms. The first kappa shape index (κ1) is 16.3. The van der Waals surface area contributed by atoms with E-state index in [1.54, 1.807) is 13.8 Å². The average molecular weight is 280 g/mol. The van der Waals surface area contributed by atoms with Gasteiger partial charge in [0, 0.05) is 12.2 Å². The predicted molar refractivity (Wildman–Crippen MR) is 78.2 cm³/mol. The van der Waals surface area contributed by atoms with E-state index < -0.39 is 5.97 Å². The van der Waals surface area contributed by atoms with Gasteiger partial charge in [-0.1, -0.05) is 27.7 Å². The van der Waals surface area contributed by atoms with Crippen LogP contribution < -0.4 is 5.32 Å². The Hall–Kier alpha value is -1.78. The van der Waals surface area contributed by atoms with Crippen LogP contribution in [0, 0.1) is 25.2 Å². The van der Waals surface area contributed by atoms with Crippen molar-refractivity contribution in [3.8, 4) is 0 Å². The summed E-state index contributed by atoms with van der Waals surface area (Å²) in [5, 5.41) is 11.9. The Kier molecular flexibility index (Phi) is 4.63. The summed E-state index contributed by atoms with van der Waals surface area (Å²) in [6.45, 7) is 12.4. The van der Waals surface area contributed by atoms with Crippen molar-refractivity contribution in [3.05, 3.63) is 22.5 Å². The van der Waals surface area contributed by atoms with Crippen LogP contribution >= 0.6 is 0 Å². The van der Waals surface area contributed by atoms with Gasteiger partial charge >= 0.3 is 5.97 Å². The number of aromatic nitrogens is 1. The Morgan fingerprint density at radius 1 is 1.30 bits per heavy atom. The highest BCUT2D eigenvalue weighted by Gasteiger charge is 2.24. The molecule has 0 saturated carbocycles. The Balaban J connectivity index is 2.87.